The quantitative estimate of drug-likeness (QED) is 0.451. The first kappa shape index (κ1) is 20.1. The Morgan fingerprint density at radius 2 is 1.79 bits per heavy atom. The molecule has 2 aromatic heterocycles. The molecule has 6 rings (SSSR count). The van der Waals surface area contributed by atoms with Gasteiger partial charge in [0.2, 0.25) is 28.5 Å². The fraction of sp³-hybridized carbons (Fsp3) is 0.261. The Morgan fingerprint density at radius 3 is 2.67 bits per heavy atom. The SMILES string of the molecule is O=S(=O)(c1cccc2cccnc12)N1CCC(c2nc(-c3ccc4c(c3)OCO4)no2)CC1. The van der Waals surface area contributed by atoms with E-state index in [1.165, 1.54) is 4.31 Å². The largest absolute Gasteiger partial charge is 0.454 e. The minimum atomic E-state index is -3.66. The molecular weight excluding hydrogens is 444 g/mol. The van der Waals surface area contributed by atoms with E-state index in [4.69, 9.17) is 14.0 Å². The molecule has 168 valence electrons. The van der Waals surface area contributed by atoms with Gasteiger partial charge in [0.15, 0.2) is 11.5 Å². The van der Waals surface area contributed by atoms with Crippen molar-refractivity contribution in [2.24, 2.45) is 0 Å². The summed E-state index contributed by atoms with van der Waals surface area (Å²) in [5.41, 5.74) is 1.27. The van der Waals surface area contributed by atoms with Gasteiger partial charge in [0.25, 0.3) is 0 Å². The average molecular weight is 465 g/mol. The van der Waals surface area contributed by atoms with Crippen molar-refractivity contribution in [3.05, 3.63) is 60.6 Å². The third-order valence-corrected chi connectivity index (χ3v) is 8.02. The van der Waals surface area contributed by atoms with Gasteiger partial charge >= 0.3 is 0 Å². The van der Waals surface area contributed by atoms with E-state index in [-0.39, 0.29) is 17.6 Å². The Balaban J connectivity index is 1.19. The number of hydrogen-bond donors (Lipinski definition) is 0. The Hall–Kier alpha value is -3.50. The predicted molar refractivity (Wildman–Crippen MR) is 118 cm³/mol. The maximum atomic E-state index is 13.3. The topological polar surface area (TPSA) is 108 Å². The predicted octanol–water partition coefficient (Wildman–Crippen LogP) is 3.58. The van der Waals surface area contributed by atoms with Crippen LogP contribution in [0, 0.1) is 0 Å². The zero-order valence-corrected chi connectivity index (χ0v) is 18.4. The molecule has 0 spiro atoms. The van der Waals surface area contributed by atoms with Gasteiger partial charge in [-0.25, -0.2) is 8.42 Å². The molecule has 4 heterocycles. The lowest BCUT2D eigenvalue weighted by Crippen LogP contribution is -2.38. The normalized spacial score (nSPS) is 17.0. The smallest absolute Gasteiger partial charge is 0.245 e. The van der Waals surface area contributed by atoms with Gasteiger partial charge in [-0.15, -0.1) is 0 Å². The van der Waals surface area contributed by atoms with Crippen molar-refractivity contribution in [1.82, 2.24) is 19.4 Å². The molecule has 0 atom stereocenters. The Kier molecular flexibility index (Phi) is 4.77. The summed E-state index contributed by atoms with van der Waals surface area (Å²) in [6, 6.07) is 14.4. The van der Waals surface area contributed by atoms with Crippen LogP contribution in [-0.4, -0.2) is 47.7 Å². The van der Waals surface area contributed by atoms with Crippen LogP contribution in [0.1, 0.15) is 24.7 Å². The van der Waals surface area contributed by atoms with Crippen LogP contribution in [0.3, 0.4) is 0 Å². The van der Waals surface area contributed by atoms with Gasteiger partial charge in [-0.1, -0.05) is 23.4 Å². The van der Waals surface area contributed by atoms with E-state index in [1.807, 2.05) is 30.3 Å². The first-order chi connectivity index (χ1) is 16.1. The van der Waals surface area contributed by atoms with E-state index in [0.29, 0.717) is 54.7 Å². The number of pyridine rings is 1. The number of nitrogens with zero attached hydrogens (tertiary/aromatic N) is 4. The number of aromatic nitrogens is 3. The molecule has 10 heteroatoms. The van der Waals surface area contributed by atoms with Crippen LogP contribution in [0.15, 0.2) is 64.1 Å². The van der Waals surface area contributed by atoms with E-state index in [2.05, 4.69) is 15.1 Å². The van der Waals surface area contributed by atoms with Gasteiger partial charge in [-0.3, -0.25) is 4.98 Å². The molecule has 4 aromatic rings. The standard InChI is InChI=1S/C23H20N4O5S/c28-33(29,20-5-1-3-15-4-2-10-24-21(15)20)27-11-8-16(9-12-27)23-25-22(26-32-23)17-6-7-18-19(13-17)31-14-30-18/h1-7,10,13,16H,8-9,11-12,14H2. The number of para-hydroxylation sites is 1. The maximum Gasteiger partial charge on any atom is 0.245 e. The molecule has 0 radical (unpaired) electrons. The summed E-state index contributed by atoms with van der Waals surface area (Å²) in [5, 5.41) is 4.92. The van der Waals surface area contributed by atoms with Crippen LogP contribution in [0.4, 0.5) is 0 Å². The Morgan fingerprint density at radius 1 is 0.970 bits per heavy atom. The van der Waals surface area contributed by atoms with Gasteiger partial charge in [0, 0.05) is 36.2 Å². The maximum absolute atomic E-state index is 13.3. The van der Waals surface area contributed by atoms with Crippen LogP contribution in [0.5, 0.6) is 11.5 Å². The molecule has 0 N–H and O–H groups in total. The van der Waals surface area contributed by atoms with Crippen LogP contribution < -0.4 is 9.47 Å². The Labute approximate surface area is 190 Å². The third kappa shape index (κ3) is 3.51. The van der Waals surface area contributed by atoms with Crippen molar-refractivity contribution in [1.29, 1.82) is 0 Å². The van der Waals surface area contributed by atoms with Gasteiger partial charge in [-0.2, -0.15) is 9.29 Å². The summed E-state index contributed by atoms with van der Waals surface area (Å²) in [6.07, 6.45) is 2.81. The summed E-state index contributed by atoms with van der Waals surface area (Å²) < 4.78 is 44.5. The Bertz CT molecular complexity index is 1440. The highest BCUT2D eigenvalue weighted by Crippen LogP contribution is 2.36. The number of rotatable bonds is 4. The molecule has 0 saturated carbocycles. The van der Waals surface area contributed by atoms with Gasteiger partial charge in [0.05, 0.1) is 5.52 Å². The monoisotopic (exact) mass is 464 g/mol. The molecule has 0 amide bonds. The van der Waals surface area contributed by atoms with Crippen LogP contribution in [0.25, 0.3) is 22.3 Å². The van der Waals surface area contributed by atoms with Crippen LogP contribution in [0.2, 0.25) is 0 Å². The van der Waals surface area contributed by atoms with E-state index < -0.39 is 10.0 Å². The third-order valence-electron chi connectivity index (χ3n) is 6.09. The van der Waals surface area contributed by atoms with Crippen LogP contribution >= 0.6 is 0 Å². The molecule has 0 aliphatic carbocycles. The molecule has 2 aromatic carbocycles. The van der Waals surface area contributed by atoms with E-state index in [1.54, 1.807) is 24.4 Å². The van der Waals surface area contributed by atoms with Crippen molar-refractivity contribution in [3.63, 3.8) is 0 Å². The fourth-order valence-corrected chi connectivity index (χ4v) is 5.96. The minimum Gasteiger partial charge on any atom is -0.454 e. The van der Waals surface area contributed by atoms with Gasteiger partial charge < -0.3 is 14.0 Å². The molecular formula is C23H20N4O5S. The molecule has 0 unspecified atom stereocenters. The molecule has 2 aliphatic heterocycles. The highest BCUT2D eigenvalue weighted by Gasteiger charge is 2.33. The second-order valence-corrected chi connectivity index (χ2v) is 9.94. The average Bonchev–Trinajstić information content (AvgIpc) is 3.53. The summed E-state index contributed by atoms with van der Waals surface area (Å²) in [4.78, 5) is 9.10. The molecule has 1 saturated heterocycles. The van der Waals surface area contributed by atoms with Crippen LogP contribution in [-0.2, 0) is 10.0 Å². The second kappa shape index (κ2) is 7.82. The minimum absolute atomic E-state index is 0.00245. The summed E-state index contributed by atoms with van der Waals surface area (Å²) in [6.45, 7) is 0.947. The fourth-order valence-electron chi connectivity index (χ4n) is 4.32. The van der Waals surface area contributed by atoms with Crippen molar-refractivity contribution in [3.8, 4) is 22.9 Å². The zero-order valence-electron chi connectivity index (χ0n) is 17.5. The first-order valence-corrected chi connectivity index (χ1v) is 12.1. The van der Waals surface area contributed by atoms with E-state index in [0.717, 1.165) is 10.9 Å². The molecule has 1 fully saturated rings. The highest BCUT2D eigenvalue weighted by molar-refractivity contribution is 7.89. The van der Waals surface area contributed by atoms with E-state index >= 15 is 0 Å². The number of ether oxygens (including phenoxy) is 2. The number of fused-ring (bicyclic) bond motifs is 2. The van der Waals surface area contributed by atoms with Crippen molar-refractivity contribution in [2.45, 2.75) is 23.7 Å². The summed E-state index contributed by atoms with van der Waals surface area (Å²) >= 11 is 0. The number of piperidine rings is 1. The second-order valence-electron chi connectivity index (χ2n) is 8.03. The van der Waals surface area contributed by atoms with Crippen molar-refractivity contribution in [2.75, 3.05) is 19.9 Å². The number of hydrogen-bond acceptors (Lipinski definition) is 8. The summed E-state index contributed by atoms with van der Waals surface area (Å²) in [5.74, 6) is 2.34. The number of sulfonamides is 1. The lowest BCUT2D eigenvalue weighted by atomic mass is 9.98. The van der Waals surface area contributed by atoms with Gasteiger partial charge in [0.1, 0.15) is 4.90 Å². The first-order valence-electron chi connectivity index (χ1n) is 10.7. The van der Waals surface area contributed by atoms with Crippen molar-refractivity contribution >= 4 is 20.9 Å². The molecule has 0 bridgehead atoms. The zero-order chi connectivity index (χ0) is 22.4. The van der Waals surface area contributed by atoms with Crippen molar-refractivity contribution < 1.29 is 22.4 Å². The van der Waals surface area contributed by atoms with E-state index in [9.17, 15) is 8.42 Å². The number of benzene rings is 2. The summed E-state index contributed by atoms with van der Waals surface area (Å²) in [7, 11) is -3.66. The lowest BCUT2D eigenvalue weighted by Gasteiger charge is -2.29. The lowest BCUT2D eigenvalue weighted by molar-refractivity contribution is 0.174. The molecule has 2 aliphatic rings. The van der Waals surface area contributed by atoms with Gasteiger partial charge in [-0.05, 0) is 43.2 Å². The highest BCUT2D eigenvalue weighted by atomic mass is 32.2. The molecule has 9 nitrogen and oxygen atoms in total. The molecule has 33 heavy (non-hydrogen) atoms.